The molecule has 2 N–H and O–H groups in total. The van der Waals surface area contributed by atoms with Crippen molar-refractivity contribution >= 4 is 44.8 Å². The van der Waals surface area contributed by atoms with Crippen LogP contribution in [0.25, 0.3) is 33.0 Å². The van der Waals surface area contributed by atoms with Crippen LogP contribution in [0.15, 0.2) is 82.4 Å². The van der Waals surface area contributed by atoms with Crippen molar-refractivity contribution in [2.24, 2.45) is 0 Å². The van der Waals surface area contributed by atoms with Crippen LogP contribution < -0.4 is 10.6 Å². The summed E-state index contributed by atoms with van der Waals surface area (Å²) in [5.41, 5.74) is 6.01. The lowest BCUT2D eigenvalue weighted by Gasteiger charge is -2.30. The van der Waals surface area contributed by atoms with Crippen LogP contribution in [0.2, 0.25) is 0 Å². The number of likely N-dealkylation sites (N-methyl/N-ethyl adjacent to an activating group) is 1. The summed E-state index contributed by atoms with van der Waals surface area (Å²) in [6.45, 7) is 1.92. The first kappa shape index (κ1) is 17.8. The number of carbonyl (C=O) groups is 1. The first-order chi connectivity index (χ1) is 15.2. The molecule has 152 valence electrons. The Hall–Kier alpha value is -4.06. The van der Waals surface area contributed by atoms with E-state index in [9.17, 15) is 4.79 Å². The molecule has 0 unspecified atom stereocenters. The van der Waals surface area contributed by atoms with Crippen LogP contribution in [-0.4, -0.2) is 22.5 Å². The monoisotopic (exact) mass is 408 g/mol. The van der Waals surface area contributed by atoms with Gasteiger partial charge >= 0.3 is 0 Å². The summed E-state index contributed by atoms with van der Waals surface area (Å²) in [5.74, 6) is 0.615. The molecular weight excluding hydrogens is 388 g/mol. The molecule has 0 spiro atoms. The van der Waals surface area contributed by atoms with Crippen molar-refractivity contribution in [2.75, 3.05) is 12.4 Å². The molecule has 0 saturated heterocycles. The van der Waals surface area contributed by atoms with Crippen LogP contribution in [0.3, 0.4) is 0 Å². The number of allylic oxidation sites excluding steroid dienone is 1. The Kier molecular flexibility index (Phi) is 3.71. The van der Waals surface area contributed by atoms with Crippen LogP contribution in [-0.2, 0) is 4.79 Å². The van der Waals surface area contributed by atoms with E-state index in [1.807, 2.05) is 61.5 Å². The summed E-state index contributed by atoms with van der Waals surface area (Å²) in [7, 11) is 1.66. The predicted molar refractivity (Wildman–Crippen MR) is 122 cm³/mol. The van der Waals surface area contributed by atoms with E-state index in [1.165, 1.54) is 0 Å². The van der Waals surface area contributed by atoms with Crippen LogP contribution in [0.5, 0.6) is 0 Å². The first-order valence-electron chi connectivity index (χ1n) is 10.2. The van der Waals surface area contributed by atoms with Gasteiger partial charge in [-0.3, -0.25) is 9.36 Å². The van der Waals surface area contributed by atoms with Crippen molar-refractivity contribution in [3.8, 4) is 0 Å². The minimum absolute atomic E-state index is 0.115. The van der Waals surface area contributed by atoms with Gasteiger partial charge in [0, 0.05) is 23.5 Å². The second-order valence-corrected chi connectivity index (χ2v) is 7.79. The smallest absolute Gasteiger partial charge is 0.251 e. The van der Waals surface area contributed by atoms with Crippen molar-refractivity contribution in [3.63, 3.8) is 0 Å². The van der Waals surface area contributed by atoms with Gasteiger partial charge in [-0.05, 0) is 42.8 Å². The van der Waals surface area contributed by atoms with Crippen molar-refractivity contribution < 1.29 is 9.21 Å². The van der Waals surface area contributed by atoms with Crippen molar-refractivity contribution in [1.29, 1.82) is 0 Å². The number of anilines is 1. The largest absolute Gasteiger partial charge is 0.456 e. The minimum Gasteiger partial charge on any atom is -0.456 e. The zero-order valence-corrected chi connectivity index (χ0v) is 17.1. The standard InChI is InChI=1S/C25H20N4O2/c1-14-22(24(30)26-2)23(29-19-9-5-4-8-18(19)28-25(29)27-14)15-11-12-21-17(13-15)16-7-3-6-10-20(16)31-21/h3-13,23H,1-2H3,(H,26,30)(H,27,28)/t23-/m0/s1. The van der Waals surface area contributed by atoms with Gasteiger partial charge in [0.15, 0.2) is 0 Å². The Morgan fingerprint density at radius 1 is 1.03 bits per heavy atom. The first-order valence-corrected chi connectivity index (χ1v) is 10.2. The highest BCUT2D eigenvalue weighted by Crippen LogP contribution is 2.40. The number of aromatic nitrogens is 2. The molecule has 0 bridgehead atoms. The Labute approximate surface area is 178 Å². The van der Waals surface area contributed by atoms with E-state index in [2.05, 4.69) is 27.3 Å². The van der Waals surface area contributed by atoms with Gasteiger partial charge < -0.3 is 15.1 Å². The van der Waals surface area contributed by atoms with Gasteiger partial charge in [-0.2, -0.15) is 0 Å². The maximum atomic E-state index is 13.0. The number of furan rings is 1. The number of carbonyl (C=O) groups excluding carboxylic acids is 1. The quantitative estimate of drug-likeness (QED) is 0.433. The Morgan fingerprint density at radius 3 is 2.68 bits per heavy atom. The number of fused-ring (bicyclic) bond motifs is 6. The van der Waals surface area contributed by atoms with Gasteiger partial charge in [0.2, 0.25) is 5.95 Å². The third-order valence-electron chi connectivity index (χ3n) is 6.02. The van der Waals surface area contributed by atoms with Gasteiger partial charge in [-0.1, -0.05) is 36.4 Å². The molecule has 5 aromatic rings. The lowest BCUT2D eigenvalue weighted by molar-refractivity contribution is -0.117. The zero-order valence-electron chi connectivity index (χ0n) is 17.1. The van der Waals surface area contributed by atoms with E-state index in [4.69, 9.17) is 9.40 Å². The molecule has 3 heterocycles. The van der Waals surface area contributed by atoms with E-state index >= 15 is 0 Å². The highest BCUT2D eigenvalue weighted by Gasteiger charge is 2.34. The van der Waals surface area contributed by atoms with Crippen LogP contribution in [0, 0.1) is 0 Å². The molecule has 1 atom stereocenters. The summed E-state index contributed by atoms with van der Waals surface area (Å²) in [4.78, 5) is 17.8. The Balaban J connectivity index is 1.66. The van der Waals surface area contributed by atoms with Crippen LogP contribution >= 0.6 is 0 Å². The summed E-state index contributed by atoms with van der Waals surface area (Å²) in [6, 6.07) is 21.8. The minimum atomic E-state index is -0.318. The summed E-state index contributed by atoms with van der Waals surface area (Å²) in [6.07, 6.45) is 0. The number of para-hydroxylation sites is 3. The van der Waals surface area contributed by atoms with Crippen LogP contribution in [0.1, 0.15) is 18.5 Å². The van der Waals surface area contributed by atoms with Crippen molar-refractivity contribution in [1.82, 2.24) is 14.9 Å². The molecule has 2 aromatic heterocycles. The average Bonchev–Trinajstić information content (AvgIpc) is 3.35. The molecule has 6 heteroatoms. The van der Waals surface area contributed by atoms with Gasteiger partial charge in [0.05, 0.1) is 22.6 Å². The number of hydrogen-bond acceptors (Lipinski definition) is 4. The van der Waals surface area contributed by atoms with E-state index in [1.54, 1.807) is 7.05 Å². The molecule has 6 rings (SSSR count). The molecule has 1 amide bonds. The maximum Gasteiger partial charge on any atom is 0.251 e. The number of nitrogens with one attached hydrogen (secondary N) is 2. The Morgan fingerprint density at radius 2 is 1.81 bits per heavy atom. The topological polar surface area (TPSA) is 72.1 Å². The van der Waals surface area contributed by atoms with Gasteiger partial charge in [0.25, 0.3) is 5.91 Å². The molecule has 6 nitrogen and oxygen atoms in total. The fourth-order valence-corrected chi connectivity index (χ4v) is 4.62. The molecule has 0 saturated carbocycles. The normalized spacial score (nSPS) is 16.0. The molecule has 1 aliphatic rings. The summed E-state index contributed by atoms with van der Waals surface area (Å²) in [5, 5.41) is 8.23. The zero-order chi connectivity index (χ0) is 21.1. The fraction of sp³-hybridized carbons (Fsp3) is 0.120. The van der Waals surface area contributed by atoms with Crippen molar-refractivity contribution in [3.05, 3.63) is 83.6 Å². The molecular formula is C25H20N4O2. The van der Waals surface area contributed by atoms with E-state index in [0.29, 0.717) is 5.57 Å². The number of imidazole rings is 1. The van der Waals surface area contributed by atoms with Gasteiger partial charge in [-0.15, -0.1) is 0 Å². The van der Waals surface area contributed by atoms with E-state index < -0.39 is 0 Å². The molecule has 3 aromatic carbocycles. The number of nitrogens with zero attached hydrogens (tertiary/aromatic N) is 2. The number of amides is 1. The average molecular weight is 408 g/mol. The molecule has 31 heavy (non-hydrogen) atoms. The maximum absolute atomic E-state index is 13.0. The molecule has 0 fully saturated rings. The Bertz CT molecular complexity index is 1540. The lowest BCUT2D eigenvalue weighted by atomic mass is 9.93. The van der Waals surface area contributed by atoms with E-state index in [0.717, 1.165) is 50.2 Å². The molecule has 0 aliphatic carbocycles. The van der Waals surface area contributed by atoms with Gasteiger partial charge in [0.1, 0.15) is 11.2 Å². The SMILES string of the molecule is CNC(=O)C1=C(C)Nc2nc3ccccc3n2[C@H]1c1ccc2oc3ccccc3c2c1. The van der Waals surface area contributed by atoms with E-state index in [-0.39, 0.29) is 11.9 Å². The highest BCUT2D eigenvalue weighted by atomic mass is 16.3. The second-order valence-electron chi connectivity index (χ2n) is 7.79. The number of rotatable bonds is 2. The molecule has 0 radical (unpaired) electrons. The van der Waals surface area contributed by atoms with Gasteiger partial charge in [-0.25, -0.2) is 4.98 Å². The second kappa shape index (κ2) is 6.47. The fourth-order valence-electron chi connectivity index (χ4n) is 4.62. The van der Waals surface area contributed by atoms with Crippen molar-refractivity contribution in [2.45, 2.75) is 13.0 Å². The number of benzene rings is 3. The van der Waals surface area contributed by atoms with Crippen LogP contribution in [0.4, 0.5) is 5.95 Å². The predicted octanol–water partition coefficient (Wildman–Crippen LogP) is 4.97. The third-order valence-corrected chi connectivity index (χ3v) is 6.02. The highest BCUT2D eigenvalue weighted by molar-refractivity contribution is 6.05. The number of hydrogen-bond donors (Lipinski definition) is 2. The summed E-state index contributed by atoms with van der Waals surface area (Å²) >= 11 is 0. The summed E-state index contributed by atoms with van der Waals surface area (Å²) < 4.78 is 8.12. The third kappa shape index (κ3) is 2.51. The lowest BCUT2D eigenvalue weighted by Crippen LogP contribution is -2.33. The molecule has 1 aliphatic heterocycles.